The summed E-state index contributed by atoms with van der Waals surface area (Å²) in [7, 11) is 0. The number of hydrogen-bond acceptors (Lipinski definition) is 3. The van der Waals surface area contributed by atoms with Gasteiger partial charge in [-0.25, -0.2) is 4.98 Å². The molecule has 0 saturated heterocycles. The number of aromatic nitrogens is 2. The van der Waals surface area contributed by atoms with Crippen molar-refractivity contribution in [2.75, 3.05) is 6.54 Å². The van der Waals surface area contributed by atoms with E-state index in [4.69, 9.17) is 10.7 Å². The summed E-state index contributed by atoms with van der Waals surface area (Å²) in [5.41, 5.74) is 11.7. The second-order valence-electron chi connectivity index (χ2n) is 6.61. The molecule has 27 heavy (non-hydrogen) atoms. The first kappa shape index (κ1) is 16.2. The van der Waals surface area contributed by atoms with E-state index in [1.807, 2.05) is 6.07 Å². The van der Waals surface area contributed by atoms with Gasteiger partial charge in [0.05, 0.1) is 17.1 Å². The summed E-state index contributed by atoms with van der Waals surface area (Å²) in [6.07, 6.45) is 0.792. The molecule has 3 nitrogen and oxygen atoms in total. The molecule has 0 unspecified atom stereocenters. The van der Waals surface area contributed by atoms with Crippen molar-refractivity contribution in [3.63, 3.8) is 0 Å². The molecular weight excluding hydrogens is 350 g/mol. The van der Waals surface area contributed by atoms with Crippen molar-refractivity contribution >= 4 is 27.1 Å². The average Bonchev–Trinajstić information content (AvgIpc) is 3.29. The smallest absolute Gasteiger partial charge is 0.194 e. The summed E-state index contributed by atoms with van der Waals surface area (Å²) in [6, 6.07) is 25.5. The number of thiazole rings is 1. The van der Waals surface area contributed by atoms with E-state index in [1.165, 1.54) is 27.7 Å². The molecule has 0 saturated carbocycles. The third kappa shape index (κ3) is 2.74. The number of fused-ring (bicyclic) bond motifs is 2. The molecule has 5 rings (SSSR count). The fourth-order valence-corrected chi connectivity index (χ4v) is 4.58. The van der Waals surface area contributed by atoms with E-state index >= 15 is 0 Å². The Morgan fingerprint density at radius 1 is 0.852 bits per heavy atom. The highest BCUT2D eigenvalue weighted by molar-refractivity contribution is 7.15. The summed E-state index contributed by atoms with van der Waals surface area (Å²) in [6.45, 7) is 0.596. The lowest BCUT2D eigenvalue weighted by atomic mass is 10.0. The summed E-state index contributed by atoms with van der Waals surface area (Å²) in [5, 5.41) is 4.66. The Labute approximate surface area is 161 Å². The zero-order valence-electron chi connectivity index (χ0n) is 14.8. The van der Waals surface area contributed by atoms with Crippen LogP contribution in [-0.4, -0.2) is 15.9 Å². The lowest BCUT2D eigenvalue weighted by Gasteiger charge is -2.07. The molecule has 0 fully saturated rings. The van der Waals surface area contributed by atoms with Gasteiger partial charge in [-0.05, 0) is 28.9 Å². The number of nitrogens with zero attached hydrogens (tertiary/aromatic N) is 2. The van der Waals surface area contributed by atoms with Crippen LogP contribution in [0.15, 0.2) is 78.2 Å². The maximum atomic E-state index is 5.97. The van der Waals surface area contributed by atoms with Crippen molar-refractivity contribution in [1.29, 1.82) is 0 Å². The van der Waals surface area contributed by atoms with E-state index < -0.39 is 0 Å². The standard InChI is InChI=1S/C23H19N3S/c24-13-12-20-22(19-11-10-16-6-4-5-9-18(16)14-19)25-23-26(20)21(15-27-23)17-7-2-1-3-8-17/h1-11,14-15H,12-13,24H2. The Kier molecular flexibility index (Phi) is 4.00. The Balaban J connectivity index is 1.74. The van der Waals surface area contributed by atoms with E-state index in [9.17, 15) is 0 Å². The average molecular weight is 369 g/mol. The van der Waals surface area contributed by atoms with Crippen LogP contribution < -0.4 is 5.73 Å². The molecule has 2 aromatic heterocycles. The number of benzene rings is 3. The minimum Gasteiger partial charge on any atom is -0.330 e. The van der Waals surface area contributed by atoms with Crippen LogP contribution in [0.4, 0.5) is 0 Å². The minimum absolute atomic E-state index is 0.596. The summed E-state index contributed by atoms with van der Waals surface area (Å²) in [5.74, 6) is 0. The largest absolute Gasteiger partial charge is 0.330 e. The monoisotopic (exact) mass is 369 g/mol. The molecule has 3 aromatic carbocycles. The van der Waals surface area contributed by atoms with Crippen molar-refractivity contribution in [2.24, 2.45) is 5.73 Å². The number of rotatable bonds is 4. The van der Waals surface area contributed by atoms with E-state index in [2.05, 4.69) is 76.5 Å². The van der Waals surface area contributed by atoms with Crippen molar-refractivity contribution in [3.8, 4) is 22.5 Å². The lowest BCUT2D eigenvalue weighted by molar-refractivity contribution is 0.914. The van der Waals surface area contributed by atoms with Crippen LogP contribution in [0.1, 0.15) is 5.69 Å². The normalized spacial score (nSPS) is 11.4. The molecule has 0 aliphatic carbocycles. The summed E-state index contributed by atoms with van der Waals surface area (Å²) >= 11 is 1.68. The van der Waals surface area contributed by atoms with Crippen LogP contribution >= 0.6 is 11.3 Å². The third-order valence-electron chi connectivity index (χ3n) is 4.93. The van der Waals surface area contributed by atoms with Gasteiger partial charge in [0.1, 0.15) is 0 Å². The van der Waals surface area contributed by atoms with Gasteiger partial charge >= 0.3 is 0 Å². The Morgan fingerprint density at radius 2 is 1.63 bits per heavy atom. The van der Waals surface area contributed by atoms with Crippen LogP contribution in [-0.2, 0) is 6.42 Å². The second-order valence-corrected chi connectivity index (χ2v) is 7.45. The lowest BCUT2D eigenvalue weighted by Crippen LogP contribution is -2.06. The topological polar surface area (TPSA) is 43.3 Å². The molecule has 0 aliphatic rings. The first-order valence-corrected chi connectivity index (χ1v) is 9.96. The zero-order valence-corrected chi connectivity index (χ0v) is 15.6. The van der Waals surface area contributed by atoms with Gasteiger partial charge in [-0.3, -0.25) is 4.40 Å². The maximum absolute atomic E-state index is 5.97. The fourth-order valence-electron chi connectivity index (χ4n) is 3.66. The van der Waals surface area contributed by atoms with Gasteiger partial charge in [0.15, 0.2) is 4.96 Å². The molecule has 0 amide bonds. The minimum atomic E-state index is 0.596. The van der Waals surface area contributed by atoms with Gasteiger partial charge in [0.25, 0.3) is 0 Å². The van der Waals surface area contributed by atoms with Crippen molar-refractivity contribution in [1.82, 2.24) is 9.38 Å². The Hall–Kier alpha value is -2.95. The summed E-state index contributed by atoms with van der Waals surface area (Å²) in [4.78, 5) is 5.99. The molecule has 0 spiro atoms. The van der Waals surface area contributed by atoms with Gasteiger partial charge in [0.2, 0.25) is 0 Å². The van der Waals surface area contributed by atoms with Crippen LogP contribution in [0.25, 0.3) is 38.2 Å². The molecule has 0 radical (unpaired) electrons. The molecule has 0 atom stereocenters. The molecule has 0 bridgehead atoms. The maximum Gasteiger partial charge on any atom is 0.194 e. The van der Waals surface area contributed by atoms with E-state index in [1.54, 1.807) is 11.3 Å². The fraction of sp³-hybridized carbons (Fsp3) is 0.0870. The highest BCUT2D eigenvalue weighted by Crippen LogP contribution is 2.34. The first-order valence-electron chi connectivity index (χ1n) is 9.08. The van der Waals surface area contributed by atoms with E-state index in [0.717, 1.165) is 22.6 Å². The van der Waals surface area contributed by atoms with Gasteiger partial charge in [0, 0.05) is 17.4 Å². The predicted octanol–water partition coefficient (Wildman–Crippen LogP) is 5.38. The summed E-state index contributed by atoms with van der Waals surface area (Å²) < 4.78 is 2.28. The second kappa shape index (κ2) is 6.65. The highest BCUT2D eigenvalue weighted by atomic mass is 32.1. The van der Waals surface area contributed by atoms with Crippen LogP contribution in [0.2, 0.25) is 0 Å². The molecule has 0 aliphatic heterocycles. The molecule has 4 heteroatoms. The Bertz CT molecular complexity index is 1230. The first-order chi connectivity index (χ1) is 13.3. The molecule has 132 valence electrons. The van der Waals surface area contributed by atoms with Crippen molar-refractivity contribution < 1.29 is 0 Å². The van der Waals surface area contributed by atoms with Crippen LogP contribution in [0.5, 0.6) is 0 Å². The number of nitrogens with two attached hydrogens (primary N) is 1. The molecule has 2 N–H and O–H groups in total. The van der Waals surface area contributed by atoms with Crippen molar-refractivity contribution in [3.05, 3.63) is 83.9 Å². The number of imidazole rings is 1. The predicted molar refractivity (Wildman–Crippen MR) is 114 cm³/mol. The third-order valence-corrected chi connectivity index (χ3v) is 5.76. The van der Waals surface area contributed by atoms with E-state index in [-0.39, 0.29) is 0 Å². The highest BCUT2D eigenvalue weighted by Gasteiger charge is 2.18. The van der Waals surface area contributed by atoms with Crippen LogP contribution in [0.3, 0.4) is 0 Å². The van der Waals surface area contributed by atoms with Gasteiger partial charge in [-0.1, -0.05) is 66.7 Å². The molecular formula is C23H19N3S. The van der Waals surface area contributed by atoms with Gasteiger partial charge in [-0.2, -0.15) is 0 Å². The van der Waals surface area contributed by atoms with Crippen molar-refractivity contribution in [2.45, 2.75) is 6.42 Å². The SMILES string of the molecule is NCCc1c(-c2ccc3ccccc3c2)nc2scc(-c3ccccc3)n12. The molecule has 2 heterocycles. The number of hydrogen-bond donors (Lipinski definition) is 1. The van der Waals surface area contributed by atoms with Crippen LogP contribution in [0, 0.1) is 0 Å². The Morgan fingerprint density at radius 3 is 2.44 bits per heavy atom. The van der Waals surface area contributed by atoms with Gasteiger partial charge in [-0.15, -0.1) is 11.3 Å². The molecule has 5 aromatic rings. The van der Waals surface area contributed by atoms with Gasteiger partial charge < -0.3 is 5.73 Å². The quantitative estimate of drug-likeness (QED) is 0.462. The zero-order chi connectivity index (χ0) is 18.2. The van der Waals surface area contributed by atoms with E-state index in [0.29, 0.717) is 6.54 Å².